The van der Waals surface area contributed by atoms with Crippen molar-refractivity contribution >= 4 is 11.9 Å². The number of hydrogen-bond acceptors (Lipinski definition) is 7. The van der Waals surface area contributed by atoms with E-state index in [9.17, 15) is 4.79 Å². The molecular weight excluding hydrogens is 308 g/mol. The Morgan fingerprint density at radius 2 is 2.00 bits per heavy atom. The van der Waals surface area contributed by atoms with Crippen LogP contribution in [0.2, 0.25) is 0 Å². The molecule has 0 radical (unpaired) electrons. The van der Waals surface area contributed by atoms with Crippen molar-refractivity contribution in [1.82, 2.24) is 14.9 Å². The number of carbonyl (C=O) groups is 1. The number of methoxy groups -OCH3 is 1. The van der Waals surface area contributed by atoms with Crippen LogP contribution in [-0.2, 0) is 9.47 Å². The van der Waals surface area contributed by atoms with Gasteiger partial charge in [-0.2, -0.15) is 0 Å². The Morgan fingerprint density at radius 3 is 2.71 bits per heavy atom. The lowest BCUT2D eigenvalue weighted by Crippen LogP contribution is -2.39. The first-order chi connectivity index (χ1) is 11.8. The molecule has 0 N–H and O–H groups in total. The van der Waals surface area contributed by atoms with Crippen molar-refractivity contribution in [1.29, 1.82) is 0 Å². The lowest BCUT2D eigenvalue weighted by atomic mass is 10.1. The van der Waals surface area contributed by atoms with Crippen LogP contribution in [0.4, 0.5) is 5.95 Å². The number of esters is 1. The molecule has 0 spiro atoms. The first-order valence-corrected chi connectivity index (χ1v) is 8.76. The molecule has 0 atom stereocenters. The van der Waals surface area contributed by atoms with E-state index in [1.807, 2.05) is 0 Å². The number of ether oxygens (including phenoxy) is 2. The van der Waals surface area contributed by atoms with Crippen molar-refractivity contribution in [2.24, 2.45) is 0 Å². The maximum atomic E-state index is 11.6. The highest BCUT2D eigenvalue weighted by Crippen LogP contribution is 2.18. The lowest BCUT2D eigenvalue weighted by molar-refractivity contribution is 0.0264. The van der Waals surface area contributed by atoms with Crippen molar-refractivity contribution in [3.8, 4) is 0 Å². The van der Waals surface area contributed by atoms with Crippen LogP contribution in [0.5, 0.6) is 0 Å². The van der Waals surface area contributed by atoms with Crippen LogP contribution in [0.1, 0.15) is 36.2 Å². The van der Waals surface area contributed by atoms with Gasteiger partial charge in [0.05, 0.1) is 19.8 Å². The summed E-state index contributed by atoms with van der Waals surface area (Å²) in [7, 11) is 1.36. The van der Waals surface area contributed by atoms with Crippen LogP contribution < -0.4 is 4.90 Å². The quantitative estimate of drug-likeness (QED) is 0.727. The highest BCUT2D eigenvalue weighted by Gasteiger charge is 2.22. The van der Waals surface area contributed by atoms with Gasteiger partial charge < -0.3 is 19.3 Å². The fourth-order valence-electron chi connectivity index (χ4n) is 3.30. The van der Waals surface area contributed by atoms with E-state index in [0.29, 0.717) is 17.7 Å². The minimum atomic E-state index is -0.432. The zero-order valence-corrected chi connectivity index (χ0v) is 14.3. The summed E-state index contributed by atoms with van der Waals surface area (Å²) in [6.07, 6.45) is 6.49. The van der Waals surface area contributed by atoms with Gasteiger partial charge in [0.15, 0.2) is 5.69 Å². The van der Waals surface area contributed by atoms with Gasteiger partial charge in [0.1, 0.15) is 0 Å². The van der Waals surface area contributed by atoms with E-state index in [0.717, 1.165) is 39.1 Å². The molecular formula is C17H26N4O3. The predicted molar refractivity (Wildman–Crippen MR) is 90.2 cm³/mol. The van der Waals surface area contributed by atoms with Crippen LogP contribution in [0.15, 0.2) is 12.3 Å². The lowest BCUT2D eigenvalue weighted by Gasteiger charge is -2.32. The highest BCUT2D eigenvalue weighted by atomic mass is 16.5. The van der Waals surface area contributed by atoms with E-state index >= 15 is 0 Å². The molecule has 2 fully saturated rings. The molecule has 0 bridgehead atoms. The van der Waals surface area contributed by atoms with Crippen LogP contribution in [0, 0.1) is 0 Å². The molecule has 2 saturated heterocycles. The van der Waals surface area contributed by atoms with Crippen molar-refractivity contribution in [2.75, 3.05) is 51.3 Å². The minimum absolute atomic E-state index is 0.298. The van der Waals surface area contributed by atoms with Gasteiger partial charge in [-0.3, -0.25) is 0 Å². The van der Waals surface area contributed by atoms with Crippen molar-refractivity contribution < 1.29 is 14.3 Å². The van der Waals surface area contributed by atoms with Gasteiger partial charge in [-0.25, -0.2) is 14.8 Å². The zero-order chi connectivity index (χ0) is 16.8. The molecule has 0 aromatic carbocycles. The molecule has 2 aliphatic heterocycles. The third kappa shape index (κ3) is 4.42. The fourth-order valence-corrected chi connectivity index (χ4v) is 3.30. The Hall–Kier alpha value is -1.73. The van der Waals surface area contributed by atoms with E-state index in [2.05, 4.69) is 19.8 Å². The average molecular weight is 334 g/mol. The second-order valence-electron chi connectivity index (χ2n) is 6.34. The van der Waals surface area contributed by atoms with Crippen LogP contribution in [-0.4, -0.2) is 73.4 Å². The standard InChI is InChI=1S/C17H26N4O3/c1-23-16(22)15-4-7-18-17(19-15)21-10-5-14(6-11-21)24-13-12-20-8-2-3-9-20/h4,7,14H,2-3,5-6,8-13H2,1H3. The van der Waals surface area contributed by atoms with Gasteiger partial charge >= 0.3 is 5.97 Å². The molecule has 1 aromatic heterocycles. The largest absolute Gasteiger partial charge is 0.464 e. The van der Waals surface area contributed by atoms with Gasteiger partial charge in [0.25, 0.3) is 0 Å². The number of likely N-dealkylation sites (tertiary alicyclic amines) is 1. The minimum Gasteiger partial charge on any atom is -0.464 e. The average Bonchev–Trinajstić information content (AvgIpc) is 3.15. The third-order valence-electron chi connectivity index (χ3n) is 4.72. The summed E-state index contributed by atoms with van der Waals surface area (Å²) in [6, 6.07) is 1.57. The molecule has 7 heteroatoms. The summed E-state index contributed by atoms with van der Waals surface area (Å²) in [5.41, 5.74) is 0.298. The van der Waals surface area contributed by atoms with E-state index in [-0.39, 0.29) is 0 Å². The highest BCUT2D eigenvalue weighted by molar-refractivity contribution is 5.87. The zero-order valence-electron chi connectivity index (χ0n) is 14.3. The molecule has 0 unspecified atom stereocenters. The van der Waals surface area contributed by atoms with Gasteiger partial charge in [-0.15, -0.1) is 0 Å². The van der Waals surface area contributed by atoms with E-state index < -0.39 is 5.97 Å². The smallest absolute Gasteiger partial charge is 0.356 e. The SMILES string of the molecule is COC(=O)c1ccnc(N2CCC(OCCN3CCCC3)CC2)n1. The second-order valence-corrected chi connectivity index (χ2v) is 6.34. The fraction of sp³-hybridized carbons (Fsp3) is 0.706. The Morgan fingerprint density at radius 1 is 1.25 bits per heavy atom. The maximum absolute atomic E-state index is 11.6. The molecule has 0 saturated carbocycles. The molecule has 3 heterocycles. The molecule has 7 nitrogen and oxygen atoms in total. The first kappa shape index (κ1) is 17.1. The van der Waals surface area contributed by atoms with E-state index in [1.165, 1.54) is 33.0 Å². The summed E-state index contributed by atoms with van der Waals surface area (Å²) in [4.78, 5) is 24.7. The topological polar surface area (TPSA) is 67.8 Å². The van der Waals surface area contributed by atoms with Gasteiger partial charge in [0.2, 0.25) is 5.95 Å². The second kappa shape index (κ2) is 8.39. The van der Waals surface area contributed by atoms with Crippen molar-refractivity contribution in [3.63, 3.8) is 0 Å². The van der Waals surface area contributed by atoms with Crippen LogP contribution in [0.25, 0.3) is 0 Å². The summed E-state index contributed by atoms with van der Waals surface area (Å²) >= 11 is 0. The Labute approximate surface area is 143 Å². The monoisotopic (exact) mass is 334 g/mol. The molecule has 2 aliphatic rings. The van der Waals surface area contributed by atoms with Crippen molar-refractivity contribution in [3.05, 3.63) is 18.0 Å². The number of hydrogen-bond donors (Lipinski definition) is 0. The number of aromatic nitrogens is 2. The maximum Gasteiger partial charge on any atom is 0.356 e. The van der Waals surface area contributed by atoms with E-state index in [1.54, 1.807) is 12.3 Å². The van der Waals surface area contributed by atoms with E-state index in [4.69, 9.17) is 9.47 Å². The number of rotatable bonds is 6. The molecule has 0 aliphatic carbocycles. The molecule has 132 valence electrons. The summed E-state index contributed by atoms with van der Waals surface area (Å²) in [6.45, 7) is 5.99. The van der Waals surface area contributed by atoms with Crippen molar-refractivity contribution in [2.45, 2.75) is 31.8 Å². The van der Waals surface area contributed by atoms with Crippen LogP contribution in [0.3, 0.4) is 0 Å². The summed E-state index contributed by atoms with van der Waals surface area (Å²) in [5.74, 6) is 0.159. The Bertz CT molecular complexity index is 540. The van der Waals surface area contributed by atoms with Gasteiger partial charge in [0, 0.05) is 25.8 Å². The number of anilines is 1. The molecule has 3 rings (SSSR count). The van der Waals surface area contributed by atoms with Gasteiger partial charge in [-0.05, 0) is 44.8 Å². The molecule has 0 amide bonds. The summed E-state index contributed by atoms with van der Waals surface area (Å²) < 4.78 is 10.7. The summed E-state index contributed by atoms with van der Waals surface area (Å²) in [5, 5.41) is 0. The first-order valence-electron chi connectivity index (χ1n) is 8.76. The Balaban J connectivity index is 1.43. The third-order valence-corrected chi connectivity index (χ3v) is 4.72. The normalized spacial score (nSPS) is 19.6. The Kier molecular flexibility index (Phi) is 5.98. The predicted octanol–water partition coefficient (Wildman–Crippen LogP) is 1.34. The molecule has 1 aromatic rings. The number of piperidine rings is 1. The molecule has 24 heavy (non-hydrogen) atoms. The van der Waals surface area contributed by atoms with Crippen LogP contribution >= 0.6 is 0 Å². The van der Waals surface area contributed by atoms with Gasteiger partial charge in [-0.1, -0.05) is 0 Å². The number of nitrogens with zero attached hydrogens (tertiary/aromatic N) is 4. The number of carbonyl (C=O) groups excluding carboxylic acids is 1.